The maximum atomic E-state index is 5.90. The molecule has 2 fully saturated rings. The van der Waals surface area contributed by atoms with Gasteiger partial charge >= 0.3 is 0 Å². The van der Waals surface area contributed by atoms with Gasteiger partial charge in [-0.25, -0.2) is 0 Å². The van der Waals surface area contributed by atoms with Crippen molar-refractivity contribution in [1.82, 2.24) is 0 Å². The van der Waals surface area contributed by atoms with Gasteiger partial charge in [0.05, 0.1) is 13.2 Å². The summed E-state index contributed by atoms with van der Waals surface area (Å²) in [5, 5.41) is 0. The third kappa shape index (κ3) is 1.70. The molecular weight excluding hydrogens is 176 g/mol. The number of hydrogen-bond acceptors (Lipinski definition) is 2. The normalized spacial score (nSPS) is 36.9. The largest absolute Gasteiger partial charge is 0.347 e. The van der Waals surface area contributed by atoms with Crippen LogP contribution in [0.2, 0.25) is 0 Å². The van der Waals surface area contributed by atoms with Crippen molar-refractivity contribution >= 4 is 0 Å². The molecule has 0 radical (unpaired) electrons. The average Bonchev–Trinajstić information content (AvgIpc) is 2.52. The van der Waals surface area contributed by atoms with Crippen LogP contribution in [-0.4, -0.2) is 19.0 Å². The summed E-state index contributed by atoms with van der Waals surface area (Å²) in [6.45, 7) is 8.45. The molecule has 0 aromatic heterocycles. The highest BCUT2D eigenvalue weighted by Crippen LogP contribution is 2.45. The van der Waals surface area contributed by atoms with Gasteiger partial charge in [0.25, 0.3) is 0 Å². The van der Waals surface area contributed by atoms with Crippen molar-refractivity contribution in [3.8, 4) is 0 Å². The molecule has 82 valence electrons. The minimum Gasteiger partial charge on any atom is -0.347 e. The van der Waals surface area contributed by atoms with Crippen LogP contribution in [-0.2, 0) is 9.47 Å². The summed E-state index contributed by atoms with van der Waals surface area (Å²) < 4.78 is 11.8. The lowest BCUT2D eigenvalue weighted by Crippen LogP contribution is -2.46. The molecule has 0 amide bonds. The smallest absolute Gasteiger partial charge is 0.171 e. The molecule has 1 saturated carbocycles. The average molecular weight is 198 g/mol. The zero-order valence-electron chi connectivity index (χ0n) is 9.58. The Balaban J connectivity index is 2.14. The Morgan fingerprint density at radius 1 is 1.14 bits per heavy atom. The van der Waals surface area contributed by atoms with Crippen LogP contribution in [0.1, 0.15) is 40.0 Å². The standard InChI is InChI=1S/C12H22O2/c1-9(2)11-5-4-10(3)8-12(11)13-6-7-14-12/h9-11H,4-8H2,1-3H3/t10-,11?/m1/s1. The summed E-state index contributed by atoms with van der Waals surface area (Å²) in [6, 6.07) is 0. The molecule has 14 heavy (non-hydrogen) atoms. The van der Waals surface area contributed by atoms with Gasteiger partial charge in [-0.3, -0.25) is 0 Å². The van der Waals surface area contributed by atoms with E-state index in [4.69, 9.17) is 9.47 Å². The van der Waals surface area contributed by atoms with E-state index in [2.05, 4.69) is 20.8 Å². The van der Waals surface area contributed by atoms with Crippen LogP contribution in [0, 0.1) is 17.8 Å². The summed E-state index contributed by atoms with van der Waals surface area (Å²) in [6.07, 6.45) is 3.69. The van der Waals surface area contributed by atoms with Gasteiger partial charge in [-0.2, -0.15) is 0 Å². The second-order valence-corrected chi connectivity index (χ2v) is 5.25. The van der Waals surface area contributed by atoms with Crippen molar-refractivity contribution in [3.05, 3.63) is 0 Å². The number of ether oxygens (including phenoxy) is 2. The first kappa shape index (κ1) is 10.4. The fraction of sp³-hybridized carbons (Fsp3) is 1.00. The molecular formula is C12H22O2. The first-order valence-electron chi connectivity index (χ1n) is 5.92. The van der Waals surface area contributed by atoms with Crippen LogP contribution in [0.25, 0.3) is 0 Å². The van der Waals surface area contributed by atoms with Crippen LogP contribution >= 0.6 is 0 Å². The Bertz CT molecular complexity index is 194. The molecule has 0 N–H and O–H groups in total. The van der Waals surface area contributed by atoms with E-state index >= 15 is 0 Å². The Labute approximate surface area is 87.0 Å². The van der Waals surface area contributed by atoms with Crippen molar-refractivity contribution < 1.29 is 9.47 Å². The maximum Gasteiger partial charge on any atom is 0.171 e. The Morgan fingerprint density at radius 3 is 2.36 bits per heavy atom. The Hall–Kier alpha value is -0.0800. The van der Waals surface area contributed by atoms with Crippen molar-refractivity contribution in [2.75, 3.05) is 13.2 Å². The number of rotatable bonds is 1. The van der Waals surface area contributed by atoms with E-state index in [9.17, 15) is 0 Å². The van der Waals surface area contributed by atoms with Crippen molar-refractivity contribution in [3.63, 3.8) is 0 Å². The van der Waals surface area contributed by atoms with Gasteiger partial charge in [0.1, 0.15) is 0 Å². The van der Waals surface area contributed by atoms with Crippen LogP contribution in [0.3, 0.4) is 0 Å². The van der Waals surface area contributed by atoms with Gasteiger partial charge in [-0.15, -0.1) is 0 Å². The quantitative estimate of drug-likeness (QED) is 0.645. The predicted octanol–water partition coefficient (Wildman–Crippen LogP) is 2.82. The fourth-order valence-corrected chi connectivity index (χ4v) is 3.07. The SMILES string of the molecule is CC(C)C1CC[C@@H](C)CC12OCCO2. The molecule has 2 heteroatoms. The lowest BCUT2D eigenvalue weighted by atomic mass is 9.73. The highest BCUT2D eigenvalue weighted by atomic mass is 16.7. The van der Waals surface area contributed by atoms with Crippen molar-refractivity contribution in [1.29, 1.82) is 0 Å². The molecule has 1 spiro atoms. The zero-order valence-corrected chi connectivity index (χ0v) is 9.58. The molecule has 1 saturated heterocycles. The van der Waals surface area contributed by atoms with E-state index < -0.39 is 0 Å². The lowest BCUT2D eigenvalue weighted by Gasteiger charge is -2.43. The van der Waals surface area contributed by atoms with Crippen LogP contribution in [0.5, 0.6) is 0 Å². The summed E-state index contributed by atoms with van der Waals surface area (Å²) in [5.41, 5.74) is 0. The molecule has 1 aliphatic heterocycles. The van der Waals surface area contributed by atoms with E-state index in [-0.39, 0.29) is 5.79 Å². The molecule has 0 aromatic carbocycles. The highest BCUT2D eigenvalue weighted by molar-refractivity contribution is 4.90. The van der Waals surface area contributed by atoms with Crippen LogP contribution in [0.4, 0.5) is 0 Å². The Morgan fingerprint density at radius 2 is 1.79 bits per heavy atom. The van der Waals surface area contributed by atoms with Gasteiger partial charge in [-0.05, 0) is 18.3 Å². The van der Waals surface area contributed by atoms with Gasteiger partial charge in [0.15, 0.2) is 5.79 Å². The molecule has 0 aromatic rings. The molecule has 1 unspecified atom stereocenters. The third-order valence-electron chi connectivity index (χ3n) is 3.75. The van der Waals surface area contributed by atoms with E-state index in [1.54, 1.807) is 0 Å². The monoisotopic (exact) mass is 198 g/mol. The first-order valence-corrected chi connectivity index (χ1v) is 5.92. The first-order chi connectivity index (χ1) is 6.64. The van der Waals surface area contributed by atoms with Crippen LogP contribution in [0.15, 0.2) is 0 Å². The molecule has 2 nitrogen and oxygen atoms in total. The molecule has 0 bridgehead atoms. The van der Waals surface area contributed by atoms with Crippen molar-refractivity contribution in [2.45, 2.75) is 45.8 Å². The molecule has 1 heterocycles. The summed E-state index contributed by atoms with van der Waals surface area (Å²) in [4.78, 5) is 0. The number of hydrogen-bond donors (Lipinski definition) is 0. The second kappa shape index (κ2) is 3.82. The minimum atomic E-state index is -0.216. The summed E-state index contributed by atoms with van der Waals surface area (Å²) >= 11 is 0. The van der Waals surface area contributed by atoms with Gasteiger partial charge in [0, 0.05) is 12.3 Å². The summed E-state index contributed by atoms with van der Waals surface area (Å²) in [7, 11) is 0. The zero-order chi connectivity index (χ0) is 10.2. The van der Waals surface area contributed by atoms with E-state index in [1.807, 2.05) is 0 Å². The van der Waals surface area contributed by atoms with E-state index in [1.165, 1.54) is 12.8 Å². The second-order valence-electron chi connectivity index (χ2n) is 5.25. The Kier molecular flexibility index (Phi) is 2.85. The van der Waals surface area contributed by atoms with E-state index in [0.717, 1.165) is 25.6 Å². The maximum absolute atomic E-state index is 5.90. The van der Waals surface area contributed by atoms with Crippen molar-refractivity contribution in [2.24, 2.45) is 17.8 Å². The predicted molar refractivity (Wildman–Crippen MR) is 56.0 cm³/mol. The summed E-state index contributed by atoms with van der Waals surface area (Å²) in [5.74, 6) is 1.80. The third-order valence-corrected chi connectivity index (χ3v) is 3.75. The highest BCUT2D eigenvalue weighted by Gasteiger charge is 2.48. The van der Waals surface area contributed by atoms with Gasteiger partial charge in [-0.1, -0.05) is 27.2 Å². The topological polar surface area (TPSA) is 18.5 Å². The molecule has 2 rings (SSSR count). The lowest BCUT2D eigenvalue weighted by molar-refractivity contribution is -0.230. The van der Waals surface area contributed by atoms with Crippen LogP contribution < -0.4 is 0 Å². The van der Waals surface area contributed by atoms with Gasteiger partial charge < -0.3 is 9.47 Å². The molecule has 2 atom stereocenters. The minimum absolute atomic E-state index is 0.216. The fourth-order valence-electron chi connectivity index (χ4n) is 3.07. The van der Waals surface area contributed by atoms with E-state index in [0.29, 0.717) is 11.8 Å². The molecule has 2 aliphatic rings. The van der Waals surface area contributed by atoms with Gasteiger partial charge in [0.2, 0.25) is 0 Å². The molecule has 1 aliphatic carbocycles.